The van der Waals surface area contributed by atoms with Gasteiger partial charge in [-0.3, -0.25) is 14.4 Å². The van der Waals surface area contributed by atoms with E-state index in [0.29, 0.717) is 30.3 Å². The number of nitrogens with zero attached hydrogens (tertiary/aromatic N) is 2. The summed E-state index contributed by atoms with van der Waals surface area (Å²) in [5.74, 6) is -0.453. The van der Waals surface area contributed by atoms with E-state index >= 15 is 0 Å². The fraction of sp³-hybridized carbons (Fsp3) is 0.333. The van der Waals surface area contributed by atoms with Gasteiger partial charge < -0.3 is 15.2 Å². The van der Waals surface area contributed by atoms with E-state index in [4.69, 9.17) is 9.84 Å². The molecular formula is C33H35N3O5. The highest BCUT2D eigenvalue weighted by atomic mass is 16.5. The standard InChI is InChI=1S/C33H35N3O5/c1-22-24(18-19-30(38)39)12-7-13-28(22)32(40)34-31(25-8-5-6-9-25)26-16-14-23(15-17-26)20-36-29(37)21-41-33(35-36)27-10-3-2-4-11-27/h2-4,7,10-17,25,31H,5-6,8-9,18-21H2,1H3,(H,34,40)(H,38,39). The number of carboxylic acids is 1. The van der Waals surface area contributed by atoms with Crippen LogP contribution in [-0.2, 0) is 27.3 Å². The molecule has 0 radical (unpaired) electrons. The van der Waals surface area contributed by atoms with Gasteiger partial charge in [0.15, 0.2) is 6.61 Å². The molecule has 1 unspecified atom stereocenters. The van der Waals surface area contributed by atoms with Crippen molar-refractivity contribution in [3.05, 3.63) is 106 Å². The Labute approximate surface area is 240 Å². The molecule has 2 aliphatic rings. The number of aliphatic carboxylic acids is 1. The minimum absolute atomic E-state index is 0.0257. The second-order valence-electron chi connectivity index (χ2n) is 10.7. The van der Waals surface area contributed by atoms with E-state index in [9.17, 15) is 14.4 Å². The van der Waals surface area contributed by atoms with Crippen LogP contribution in [0, 0.1) is 12.8 Å². The summed E-state index contributed by atoms with van der Waals surface area (Å²) in [6.45, 7) is 2.14. The first-order valence-electron chi connectivity index (χ1n) is 14.2. The van der Waals surface area contributed by atoms with Crippen molar-refractivity contribution in [3.63, 3.8) is 0 Å². The molecule has 1 aliphatic carbocycles. The summed E-state index contributed by atoms with van der Waals surface area (Å²) in [4.78, 5) is 37.1. The lowest BCUT2D eigenvalue weighted by molar-refractivity contribution is -0.137. The van der Waals surface area contributed by atoms with Crippen LogP contribution in [0.25, 0.3) is 0 Å². The van der Waals surface area contributed by atoms with Crippen molar-refractivity contribution in [2.45, 2.75) is 58.0 Å². The van der Waals surface area contributed by atoms with Crippen LogP contribution in [0.15, 0.2) is 77.9 Å². The van der Waals surface area contributed by atoms with Crippen molar-refractivity contribution in [2.75, 3.05) is 6.61 Å². The molecule has 3 aromatic carbocycles. The third kappa shape index (κ3) is 6.82. The van der Waals surface area contributed by atoms with Crippen LogP contribution in [-0.4, -0.2) is 40.4 Å². The lowest BCUT2D eigenvalue weighted by Crippen LogP contribution is -2.36. The van der Waals surface area contributed by atoms with E-state index < -0.39 is 5.97 Å². The Morgan fingerprint density at radius 3 is 2.46 bits per heavy atom. The second-order valence-corrected chi connectivity index (χ2v) is 10.7. The molecule has 2 N–H and O–H groups in total. The molecule has 1 fully saturated rings. The van der Waals surface area contributed by atoms with Crippen molar-refractivity contribution in [1.29, 1.82) is 0 Å². The number of nitrogens with one attached hydrogen (secondary N) is 1. The van der Waals surface area contributed by atoms with Crippen molar-refractivity contribution < 1.29 is 24.2 Å². The predicted octanol–water partition coefficient (Wildman–Crippen LogP) is 5.39. The molecule has 0 saturated heterocycles. The monoisotopic (exact) mass is 553 g/mol. The van der Waals surface area contributed by atoms with Gasteiger partial charge in [0.25, 0.3) is 11.8 Å². The lowest BCUT2D eigenvalue weighted by Gasteiger charge is -2.27. The normalized spacial score (nSPS) is 16.2. The fourth-order valence-electron chi connectivity index (χ4n) is 5.67. The van der Waals surface area contributed by atoms with Crippen molar-refractivity contribution in [1.82, 2.24) is 10.3 Å². The van der Waals surface area contributed by atoms with Crippen LogP contribution in [0.3, 0.4) is 0 Å². The number of hydrogen-bond donors (Lipinski definition) is 2. The Hall–Kier alpha value is -4.46. The summed E-state index contributed by atoms with van der Waals surface area (Å²) < 4.78 is 5.56. The molecule has 41 heavy (non-hydrogen) atoms. The number of hydrazone groups is 1. The van der Waals surface area contributed by atoms with Gasteiger partial charge in [-0.15, -0.1) is 5.10 Å². The highest BCUT2D eigenvalue weighted by Gasteiger charge is 2.29. The van der Waals surface area contributed by atoms with Gasteiger partial charge >= 0.3 is 5.97 Å². The molecule has 1 aliphatic heterocycles. The van der Waals surface area contributed by atoms with Gasteiger partial charge in [0.2, 0.25) is 5.90 Å². The quantitative estimate of drug-likeness (QED) is 0.350. The first-order chi connectivity index (χ1) is 19.9. The zero-order valence-electron chi connectivity index (χ0n) is 23.2. The summed E-state index contributed by atoms with van der Waals surface area (Å²) in [5, 5.41) is 18.3. The third-order valence-electron chi connectivity index (χ3n) is 7.98. The molecule has 0 spiro atoms. The summed E-state index contributed by atoms with van der Waals surface area (Å²) in [6.07, 6.45) is 4.78. The molecule has 1 saturated carbocycles. The maximum absolute atomic E-state index is 13.5. The summed E-state index contributed by atoms with van der Waals surface area (Å²) in [7, 11) is 0. The van der Waals surface area contributed by atoms with E-state index in [2.05, 4.69) is 10.4 Å². The van der Waals surface area contributed by atoms with E-state index in [-0.39, 0.29) is 30.9 Å². The molecular weight excluding hydrogens is 518 g/mol. The topological polar surface area (TPSA) is 108 Å². The van der Waals surface area contributed by atoms with Crippen LogP contribution in [0.2, 0.25) is 0 Å². The number of rotatable bonds is 10. The Kier molecular flexibility index (Phi) is 8.77. The zero-order chi connectivity index (χ0) is 28.8. The number of carboxylic acid groups (broad SMARTS) is 1. The number of hydrogen-bond acceptors (Lipinski definition) is 5. The van der Waals surface area contributed by atoms with Gasteiger partial charge in [-0.05, 0) is 72.6 Å². The first kappa shape index (κ1) is 28.1. The molecule has 8 nitrogen and oxygen atoms in total. The number of aryl methyl sites for hydroxylation is 1. The number of carbonyl (C=O) groups excluding carboxylic acids is 2. The van der Waals surface area contributed by atoms with Crippen LogP contribution in [0.5, 0.6) is 0 Å². The average molecular weight is 554 g/mol. The number of ether oxygens (including phenoxy) is 1. The van der Waals surface area contributed by atoms with Crippen molar-refractivity contribution in [2.24, 2.45) is 11.0 Å². The smallest absolute Gasteiger partial charge is 0.303 e. The lowest BCUT2D eigenvalue weighted by atomic mass is 9.90. The van der Waals surface area contributed by atoms with Crippen molar-refractivity contribution >= 4 is 23.7 Å². The molecule has 8 heteroatoms. The largest absolute Gasteiger partial charge is 0.481 e. The van der Waals surface area contributed by atoms with Gasteiger partial charge in [0.1, 0.15) is 0 Å². The van der Waals surface area contributed by atoms with Gasteiger partial charge in [0, 0.05) is 17.5 Å². The highest BCUT2D eigenvalue weighted by Crippen LogP contribution is 2.36. The predicted molar refractivity (Wildman–Crippen MR) is 155 cm³/mol. The summed E-state index contributed by atoms with van der Waals surface area (Å²) in [6, 6.07) is 22.9. The average Bonchev–Trinajstić information content (AvgIpc) is 3.52. The van der Waals surface area contributed by atoms with Crippen LogP contribution < -0.4 is 5.32 Å². The molecule has 1 atom stereocenters. The Balaban J connectivity index is 1.32. The Morgan fingerprint density at radius 2 is 1.76 bits per heavy atom. The highest BCUT2D eigenvalue weighted by molar-refractivity contribution is 5.98. The van der Waals surface area contributed by atoms with E-state index in [1.54, 1.807) is 6.07 Å². The maximum Gasteiger partial charge on any atom is 0.303 e. The van der Waals surface area contributed by atoms with Crippen LogP contribution in [0.1, 0.15) is 76.3 Å². The Bertz CT molecular complexity index is 1430. The maximum atomic E-state index is 13.5. The van der Waals surface area contributed by atoms with Crippen molar-refractivity contribution in [3.8, 4) is 0 Å². The van der Waals surface area contributed by atoms with Gasteiger partial charge in [-0.2, -0.15) is 0 Å². The van der Waals surface area contributed by atoms with E-state index in [1.165, 1.54) is 5.01 Å². The number of benzene rings is 3. The SMILES string of the molecule is Cc1c(CCC(=O)O)cccc1C(=O)NC(c1ccc(CN2N=C(c3ccccc3)OCC2=O)cc1)C1CCCC1. The summed E-state index contributed by atoms with van der Waals surface area (Å²) >= 11 is 0. The van der Waals surface area contributed by atoms with E-state index in [1.807, 2.05) is 73.7 Å². The van der Waals surface area contributed by atoms with Gasteiger partial charge in [0.05, 0.1) is 12.6 Å². The Morgan fingerprint density at radius 1 is 1.02 bits per heavy atom. The number of carbonyl (C=O) groups is 3. The van der Waals surface area contributed by atoms with Gasteiger partial charge in [-0.1, -0.05) is 67.4 Å². The van der Waals surface area contributed by atoms with Crippen LogP contribution >= 0.6 is 0 Å². The number of amides is 2. The molecule has 3 aromatic rings. The minimum atomic E-state index is -0.856. The molecule has 0 aromatic heterocycles. The summed E-state index contributed by atoms with van der Waals surface area (Å²) in [5.41, 5.74) is 5.03. The second kappa shape index (κ2) is 12.8. The molecule has 2 amide bonds. The van der Waals surface area contributed by atoms with Crippen LogP contribution in [0.4, 0.5) is 0 Å². The molecule has 5 rings (SSSR count). The van der Waals surface area contributed by atoms with Gasteiger partial charge in [-0.25, -0.2) is 5.01 Å². The fourth-order valence-corrected chi connectivity index (χ4v) is 5.67. The molecule has 0 bridgehead atoms. The molecule has 212 valence electrons. The third-order valence-corrected chi connectivity index (χ3v) is 7.98. The van der Waals surface area contributed by atoms with E-state index in [0.717, 1.165) is 53.5 Å². The first-order valence-corrected chi connectivity index (χ1v) is 14.2. The minimum Gasteiger partial charge on any atom is -0.481 e. The zero-order valence-corrected chi connectivity index (χ0v) is 23.2. The molecule has 1 heterocycles.